The van der Waals surface area contributed by atoms with Crippen molar-refractivity contribution in [3.8, 4) is 17.5 Å². The molecule has 0 radical (unpaired) electrons. The smallest absolute Gasteiger partial charge is 0.285 e. The van der Waals surface area contributed by atoms with E-state index < -0.39 is 5.91 Å². The number of rotatable bonds is 2. The minimum atomic E-state index is -0.615. The van der Waals surface area contributed by atoms with Gasteiger partial charge in [-0.15, -0.1) is 0 Å². The normalized spacial score (nSPS) is 10.1. The van der Waals surface area contributed by atoms with Crippen LogP contribution in [-0.2, 0) is 0 Å². The number of carbonyl (C=O) groups excluding carboxylic acids is 1. The Bertz CT molecular complexity index is 947. The molecular weight excluding hydrogens is 302 g/mol. The molecule has 0 aliphatic carbocycles. The summed E-state index contributed by atoms with van der Waals surface area (Å²) >= 11 is 0. The fraction of sp³-hybridized carbons (Fsp3) is 0.111. The first-order valence-corrected chi connectivity index (χ1v) is 7.30. The lowest BCUT2D eigenvalue weighted by atomic mass is 10.2. The van der Waals surface area contributed by atoms with Gasteiger partial charge in [-0.05, 0) is 44.0 Å². The van der Waals surface area contributed by atoms with Gasteiger partial charge >= 0.3 is 0 Å². The lowest BCUT2D eigenvalue weighted by molar-refractivity contribution is 0.0988. The molecule has 3 rings (SSSR count). The number of nitrogens with zero attached hydrogens (tertiary/aromatic N) is 4. The Kier molecular flexibility index (Phi) is 4.08. The fourth-order valence-corrected chi connectivity index (χ4v) is 2.26. The molecule has 3 heterocycles. The number of pyridine rings is 2. The van der Waals surface area contributed by atoms with Gasteiger partial charge in [-0.1, -0.05) is 5.92 Å². The maximum Gasteiger partial charge on any atom is 0.285 e. The van der Waals surface area contributed by atoms with Crippen molar-refractivity contribution in [1.29, 1.82) is 0 Å². The van der Waals surface area contributed by atoms with E-state index in [1.807, 2.05) is 26.0 Å². The van der Waals surface area contributed by atoms with Crippen LogP contribution in [0, 0.1) is 25.7 Å². The van der Waals surface area contributed by atoms with Crippen molar-refractivity contribution in [3.05, 3.63) is 71.3 Å². The Morgan fingerprint density at radius 1 is 1.12 bits per heavy atom. The monoisotopic (exact) mass is 317 g/mol. The van der Waals surface area contributed by atoms with Gasteiger partial charge in [0.25, 0.3) is 5.91 Å². The van der Waals surface area contributed by atoms with E-state index in [4.69, 9.17) is 5.73 Å². The number of imidazole rings is 1. The number of hydrogen-bond donors (Lipinski definition) is 1. The zero-order valence-electron chi connectivity index (χ0n) is 13.3. The van der Waals surface area contributed by atoms with Crippen LogP contribution in [0.5, 0.6) is 0 Å². The highest BCUT2D eigenvalue weighted by atomic mass is 16.1. The zero-order chi connectivity index (χ0) is 17.1. The maximum absolute atomic E-state index is 11.8. The molecule has 0 spiro atoms. The summed E-state index contributed by atoms with van der Waals surface area (Å²) in [6.07, 6.45) is 5.01. The third kappa shape index (κ3) is 3.01. The molecule has 0 aliphatic heterocycles. The summed E-state index contributed by atoms with van der Waals surface area (Å²) < 4.78 is 1.67. The number of aromatic nitrogens is 4. The molecule has 0 aromatic carbocycles. The Morgan fingerprint density at radius 2 is 1.88 bits per heavy atom. The molecule has 0 unspecified atom stereocenters. The Hall–Kier alpha value is -3.46. The molecule has 3 aromatic heterocycles. The van der Waals surface area contributed by atoms with E-state index in [1.165, 1.54) is 0 Å². The van der Waals surface area contributed by atoms with Crippen molar-refractivity contribution in [1.82, 2.24) is 19.5 Å². The van der Waals surface area contributed by atoms with E-state index in [9.17, 15) is 4.79 Å². The molecule has 0 saturated heterocycles. The van der Waals surface area contributed by atoms with Gasteiger partial charge in [0.1, 0.15) is 5.69 Å². The van der Waals surface area contributed by atoms with E-state index >= 15 is 0 Å². The summed E-state index contributed by atoms with van der Waals surface area (Å²) in [6.45, 7) is 3.74. The third-order valence-electron chi connectivity index (χ3n) is 3.49. The molecule has 0 bridgehead atoms. The van der Waals surface area contributed by atoms with Gasteiger partial charge in [-0.25, -0.2) is 4.98 Å². The highest BCUT2D eigenvalue weighted by Crippen LogP contribution is 2.17. The quantitative estimate of drug-likeness (QED) is 0.730. The molecular formula is C18H15N5O. The predicted molar refractivity (Wildman–Crippen MR) is 89.6 cm³/mol. The van der Waals surface area contributed by atoms with Crippen molar-refractivity contribution in [2.24, 2.45) is 5.73 Å². The number of hydrogen-bond acceptors (Lipinski definition) is 4. The molecule has 0 aliphatic rings. The van der Waals surface area contributed by atoms with Gasteiger partial charge < -0.3 is 5.73 Å². The van der Waals surface area contributed by atoms with Gasteiger partial charge in [0.05, 0.1) is 17.6 Å². The van der Waals surface area contributed by atoms with Crippen LogP contribution in [0.4, 0.5) is 0 Å². The SMILES string of the molecule is Cc1ccc(-n2c(C(N)=O)nc(C#Cc3ccncc3)c2C)cn1. The van der Waals surface area contributed by atoms with Gasteiger partial charge in [-0.3, -0.25) is 19.3 Å². The second kappa shape index (κ2) is 6.34. The molecule has 24 heavy (non-hydrogen) atoms. The summed E-state index contributed by atoms with van der Waals surface area (Å²) in [5.41, 5.74) is 9.12. The number of aryl methyl sites for hydroxylation is 1. The Morgan fingerprint density at radius 3 is 2.50 bits per heavy atom. The second-order valence-corrected chi connectivity index (χ2v) is 5.21. The van der Waals surface area contributed by atoms with Crippen LogP contribution in [-0.4, -0.2) is 25.4 Å². The van der Waals surface area contributed by atoms with Crippen molar-refractivity contribution < 1.29 is 4.79 Å². The lowest BCUT2D eigenvalue weighted by Gasteiger charge is -2.07. The van der Waals surface area contributed by atoms with Crippen LogP contribution >= 0.6 is 0 Å². The zero-order valence-corrected chi connectivity index (χ0v) is 13.3. The number of carbonyl (C=O) groups is 1. The molecule has 1 amide bonds. The van der Waals surface area contributed by atoms with E-state index in [0.29, 0.717) is 5.69 Å². The van der Waals surface area contributed by atoms with E-state index in [0.717, 1.165) is 22.6 Å². The first kappa shape index (κ1) is 15.4. The molecule has 118 valence electrons. The van der Waals surface area contributed by atoms with Crippen molar-refractivity contribution in [3.63, 3.8) is 0 Å². The minimum absolute atomic E-state index is 0.136. The summed E-state index contributed by atoms with van der Waals surface area (Å²) in [7, 11) is 0. The number of nitrogens with two attached hydrogens (primary N) is 1. The maximum atomic E-state index is 11.8. The van der Waals surface area contributed by atoms with Gasteiger partial charge in [-0.2, -0.15) is 0 Å². The molecule has 0 saturated carbocycles. The average Bonchev–Trinajstić information content (AvgIpc) is 2.92. The largest absolute Gasteiger partial charge is 0.363 e. The van der Waals surface area contributed by atoms with Crippen LogP contribution in [0.3, 0.4) is 0 Å². The van der Waals surface area contributed by atoms with Crippen molar-refractivity contribution in [2.75, 3.05) is 0 Å². The molecule has 3 aromatic rings. The van der Waals surface area contributed by atoms with Crippen LogP contribution in [0.25, 0.3) is 5.69 Å². The first-order valence-electron chi connectivity index (χ1n) is 7.30. The van der Waals surface area contributed by atoms with E-state index in [1.54, 1.807) is 35.3 Å². The van der Waals surface area contributed by atoms with Crippen molar-refractivity contribution in [2.45, 2.75) is 13.8 Å². The van der Waals surface area contributed by atoms with Crippen LogP contribution < -0.4 is 5.73 Å². The lowest BCUT2D eigenvalue weighted by Crippen LogP contribution is -2.18. The minimum Gasteiger partial charge on any atom is -0.363 e. The number of primary amides is 1. The van der Waals surface area contributed by atoms with Gasteiger partial charge in [0, 0.05) is 23.7 Å². The molecule has 6 nitrogen and oxygen atoms in total. The molecule has 0 atom stereocenters. The van der Waals surface area contributed by atoms with Crippen LogP contribution in [0.15, 0.2) is 42.9 Å². The first-order chi connectivity index (χ1) is 11.6. The van der Waals surface area contributed by atoms with Gasteiger partial charge in [0.15, 0.2) is 0 Å². The summed E-state index contributed by atoms with van der Waals surface area (Å²) in [4.78, 5) is 24.3. The van der Waals surface area contributed by atoms with Crippen LogP contribution in [0.2, 0.25) is 0 Å². The van der Waals surface area contributed by atoms with Crippen LogP contribution in [0.1, 0.15) is 33.3 Å². The number of amides is 1. The topological polar surface area (TPSA) is 86.7 Å². The summed E-state index contributed by atoms with van der Waals surface area (Å²) in [5.74, 6) is 5.52. The Labute approximate surface area is 139 Å². The molecule has 2 N–H and O–H groups in total. The Balaban J connectivity index is 2.10. The highest BCUT2D eigenvalue weighted by Gasteiger charge is 2.18. The average molecular weight is 317 g/mol. The molecule has 6 heteroatoms. The second-order valence-electron chi connectivity index (χ2n) is 5.21. The third-order valence-corrected chi connectivity index (χ3v) is 3.49. The van der Waals surface area contributed by atoms with E-state index in [2.05, 4.69) is 26.8 Å². The standard InChI is InChI=1S/C18H15N5O/c1-12-3-5-15(11-21-12)23-13(2)16(22-18(23)17(19)24)6-4-14-7-9-20-10-8-14/h3,5,7-11H,1-2H3,(H2,19,24). The van der Waals surface area contributed by atoms with Gasteiger partial charge in [0.2, 0.25) is 5.82 Å². The van der Waals surface area contributed by atoms with E-state index in [-0.39, 0.29) is 5.82 Å². The fourth-order valence-electron chi connectivity index (χ4n) is 2.26. The highest BCUT2D eigenvalue weighted by molar-refractivity contribution is 5.90. The summed E-state index contributed by atoms with van der Waals surface area (Å²) in [6, 6.07) is 7.34. The van der Waals surface area contributed by atoms with Crippen molar-refractivity contribution >= 4 is 5.91 Å². The predicted octanol–water partition coefficient (Wildman–Crippen LogP) is 1.78. The molecule has 0 fully saturated rings. The summed E-state index contributed by atoms with van der Waals surface area (Å²) in [5, 5.41) is 0.